The molecule has 0 bridgehead atoms. The van der Waals surface area contributed by atoms with Crippen LogP contribution < -0.4 is 5.32 Å². The van der Waals surface area contributed by atoms with E-state index >= 15 is 0 Å². The van der Waals surface area contributed by atoms with E-state index in [0.717, 1.165) is 42.4 Å². The number of benzene rings is 1. The number of carbonyl (C=O) groups is 3. The van der Waals surface area contributed by atoms with Gasteiger partial charge in [-0.2, -0.15) is 0 Å². The monoisotopic (exact) mass is 356 g/mol. The SMILES string of the molecule is Cc1ccc(C)c([C@@H](C)NC(=O)CCN2C(=O)[C@H]3CCCC[C@H]3C2=O)c1. The lowest BCUT2D eigenvalue weighted by Gasteiger charge is -2.19. The smallest absolute Gasteiger partial charge is 0.233 e. The van der Waals surface area contributed by atoms with Crippen LogP contribution in [0.2, 0.25) is 0 Å². The molecule has 1 saturated carbocycles. The van der Waals surface area contributed by atoms with Gasteiger partial charge in [0, 0.05) is 13.0 Å². The quantitative estimate of drug-likeness (QED) is 0.825. The second-order valence-corrected chi connectivity index (χ2v) is 7.72. The number of likely N-dealkylation sites (tertiary alicyclic amines) is 1. The summed E-state index contributed by atoms with van der Waals surface area (Å²) in [5.41, 5.74) is 3.39. The van der Waals surface area contributed by atoms with E-state index in [0.29, 0.717) is 0 Å². The van der Waals surface area contributed by atoms with E-state index in [1.165, 1.54) is 4.90 Å². The average Bonchev–Trinajstić information content (AvgIpc) is 2.86. The molecule has 5 nitrogen and oxygen atoms in total. The molecule has 2 aliphatic rings. The highest BCUT2D eigenvalue weighted by Gasteiger charge is 2.47. The van der Waals surface area contributed by atoms with Crippen molar-refractivity contribution >= 4 is 17.7 Å². The van der Waals surface area contributed by atoms with Crippen LogP contribution in [0.15, 0.2) is 18.2 Å². The van der Waals surface area contributed by atoms with Gasteiger partial charge in [0.1, 0.15) is 0 Å². The Labute approximate surface area is 155 Å². The Morgan fingerprint density at radius 2 is 1.77 bits per heavy atom. The summed E-state index contributed by atoms with van der Waals surface area (Å²) in [7, 11) is 0. The third kappa shape index (κ3) is 3.67. The third-order valence-electron chi connectivity index (χ3n) is 5.77. The number of nitrogens with one attached hydrogen (secondary N) is 1. The van der Waals surface area contributed by atoms with Gasteiger partial charge in [-0.05, 0) is 44.7 Å². The normalized spacial score (nSPS) is 23.7. The first-order valence-corrected chi connectivity index (χ1v) is 9.60. The number of nitrogens with zero attached hydrogens (tertiary/aromatic N) is 1. The van der Waals surface area contributed by atoms with E-state index in [2.05, 4.69) is 23.5 Å². The van der Waals surface area contributed by atoms with Gasteiger partial charge < -0.3 is 5.32 Å². The van der Waals surface area contributed by atoms with Crippen molar-refractivity contribution in [3.63, 3.8) is 0 Å². The molecule has 140 valence electrons. The standard InChI is InChI=1S/C21H28N2O3/c1-13-8-9-14(2)18(12-13)15(3)22-19(24)10-11-23-20(25)16-6-4-5-7-17(16)21(23)26/h8-9,12,15-17H,4-7,10-11H2,1-3H3,(H,22,24)/t15-,16-,17+/m1/s1. The molecule has 0 unspecified atom stereocenters. The van der Waals surface area contributed by atoms with Crippen molar-refractivity contribution < 1.29 is 14.4 Å². The number of hydrogen-bond acceptors (Lipinski definition) is 3. The molecule has 0 aromatic heterocycles. The van der Waals surface area contributed by atoms with Gasteiger partial charge in [0.05, 0.1) is 17.9 Å². The molecule has 1 aromatic rings. The minimum Gasteiger partial charge on any atom is -0.350 e. The fraction of sp³-hybridized carbons (Fsp3) is 0.571. The van der Waals surface area contributed by atoms with Crippen molar-refractivity contribution in [2.75, 3.05) is 6.54 Å². The number of aryl methyl sites for hydroxylation is 2. The molecule has 1 aliphatic heterocycles. The van der Waals surface area contributed by atoms with Crippen LogP contribution in [0.25, 0.3) is 0 Å². The predicted molar refractivity (Wildman–Crippen MR) is 99.3 cm³/mol. The van der Waals surface area contributed by atoms with Crippen LogP contribution in [0, 0.1) is 25.7 Å². The summed E-state index contributed by atoms with van der Waals surface area (Å²) in [6.45, 7) is 6.21. The Kier molecular flexibility index (Phi) is 5.44. The van der Waals surface area contributed by atoms with Crippen molar-refractivity contribution in [1.29, 1.82) is 0 Å². The lowest BCUT2D eigenvalue weighted by Crippen LogP contribution is -2.36. The zero-order valence-electron chi connectivity index (χ0n) is 15.9. The maximum absolute atomic E-state index is 12.5. The number of carbonyl (C=O) groups excluding carboxylic acids is 3. The van der Waals surface area contributed by atoms with Crippen LogP contribution in [0.5, 0.6) is 0 Å². The molecule has 1 heterocycles. The average molecular weight is 356 g/mol. The summed E-state index contributed by atoms with van der Waals surface area (Å²) in [5.74, 6) is -0.569. The Hall–Kier alpha value is -2.17. The molecule has 1 aromatic carbocycles. The molecule has 3 amide bonds. The molecule has 0 radical (unpaired) electrons. The van der Waals surface area contributed by atoms with Crippen molar-refractivity contribution in [3.8, 4) is 0 Å². The van der Waals surface area contributed by atoms with Crippen molar-refractivity contribution in [2.24, 2.45) is 11.8 Å². The van der Waals surface area contributed by atoms with E-state index in [1.54, 1.807) is 0 Å². The van der Waals surface area contributed by atoms with E-state index in [1.807, 2.05) is 20.8 Å². The topological polar surface area (TPSA) is 66.5 Å². The molecule has 2 fully saturated rings. The molecule has 5 heteroatoms. The Morgan fingerprint density at radius 1 is 1.15 bits per heavy atom. The summed E-state index contributed by atoms with van der Waals surface area (Å²) in [4.78, 5) is 38.6. The summed E-state index contributed by atoms with van der Waals surface area (Å²) >= 11 is 0. The highest BCUT2D eigenvalue weighted by molar-refractivity contribution is 6.05. The fourth-order valence-corrected chi connectivity index (χ4v) is 4.28. The van der Waals surface area contributed by atoms with E-state index in [-0.39, 0.29) is 48.6 Å². The molecule has 3 rings (SSSR count). The fourth-order valence-electron chi connectivity index (χ4n) is 4.28. The van der Waals surface area contributed by atoms with E-state index < -0.39 is 0 Å². The van der Waals surface area contributed by atoms with Gasteiger partial charge in [-0.1, -0.05) is 36.6 Å². The number of amides is 3. The van der Waals surface area contributed by atoms with Crippen molar-refractivity contribution in [3.05, 3.63) is 34.9 Å². The first-order chi connectivity index (χ1) is 12.4. The summed E-state index contributed by atoms with van der Waals surface area (Å²) in [6, 6.07) is 6.09. The second kappa shape index (κ2) is 7.60. The Bertz CT molecular complexity index is 704. The summed E-state index contributed by atoms with van der Waals surface area (Å²) in [6.07, 6.45) is 3.80. The summed E-state index contributed by atoms with van der Waals surface area (Å²) in [5, 5.41) is 2.99. The third-order valence-corrected chi connectivity index (χ3v) is 5.77. The van der Waals surface area contributed by atoms with Gasteiger partial charge in [0.15, 0.2) is 0 Å². The van der Waals surface area contributed by atoms with Crippen LogP contribution in [-0.4, -0.2) is 29.2 Å². The van der Waals surface area contributed by atoms with Gasteiger partial charge >= 0.3 is 0 Å². The van der Waals surface area contributed by atoms with Crippen molar-refractivity contribution in [1.82, 2.24) is 10.2 Å². The lowest BCUT2D eigenvalue weighted by atomic mass is 9.81. The number of rotatable bonds is 5. The molecule has 0 spiro atoms. The molecular weight excluding hydrogens is 328 g/mol. The first kappa shape index (κ1) is 18.6. The Balaban J connectivity index is 1.56. The van der Waals surface area contributed by atoms with Gasteiger partial charge in [-0.25, -0.2) is 0 Å². The second-order valence-electron chi connectivity index (χ2n) is 7.72. The van der Waals surface area contributed by atoms with Gasteiger partial charge in [0.25, 0.3) is 0 Å². The molecule has 26 heavy (non-hydrogen) atoms. The van der Waals surface area contributed by atoms with Gasteiger partial charge in [-0.15, -0.1) is 0 Å². The van der Waals surface area contributed by atoms with Gasteiger partial charge in [-0.3, -0.25) is 19.3 Å². The molecule has 1 N–H and O–H groups in total. The van der Waals surface area contributed by atoms with Crippen LogP contribution in [0.4, 0.5) is 0 Å². The molecular formula is C21H28N2O3. The zero-order chi connectivity index (χ0) is 18.8. The van der Waals surface area contributed by atoms with Crippen LogP contribution in [0.3, 0.4) is 0 Å². The highest BCUT2D eigenvalue weighted by Crippen LogP contribution is 2.37. The maximum Gasteiger partial charge on any atom is 0.233 e. The summed E-state index contributed by atoms with van der Waals surface area (Å²) < 4.78 is 0. The largest absolute Gasteiger partial charge is 0.350 e. The van der Waals surface area contributed by atoms with Crippen molar-refractivity contribution in [2.45, 2.75) is 58.9 Å². The minimum atomic E-state index is -0.145. The number of hydrogen-bond donors (Lipinski definition) is 1. The zero-order valence-corrected chi connectivity index (χ0v) is 15.9. The highest BCUT2D eigenvalue weighted by atomic mass is 16.2. The molecule has 1 saturated heterocycles. The maximum atomic E-state index is 12.5. The number of fused-ring (bicyclic) bond motifs is 1. The molecule has 3 atom stereocenters. The molecule has 1 aliphatic carbocycles. The van der Waals surface area contributed by atoms with E-state index in [4.69, 9.17) is 0 Å². The van der Waals surface area contributed by atoms with Crippen LogP contribution >= 0.6 is 0 Å². The van der Waals surface area contributed by atoms with Crippen LogP contribution in [0.1, 0.15) is 61.8 Å². The van der Waals surface area contributed by atoms with Gasteiger partial charge in [0.2, 0.25) is 17.7 Å². The lowest BCUT2D eigenvalue weighted by molar-refractivity contribution is -0.140. The van der Waals surface area contributed by atoms with Crippen LogP contribution in [-0.2, 0) is 14.4 Å². The first-order valence-electron chi connectivity index (χ1n) is 9.60. The Morgan fingerprint density at radius 3 is 2.38 bits per heavy atom. The number of imide groups is 1. The predicted octanol–water partition coefficient (Wildman–Crippen LogP) is 3.05. The minimum absolute atomic E-state index is 0.0740. The van der Waals surface area contributed by atoms with E-state index in [9.17, 15) is 14.4 Å².